The lowest BCUT2D eigenvalue weighted by molar-refractivity contribution is -0.192. The molecule has 0 radical (unpaired) electrons. The molecule has 1 aromatic rings. The fraction of sp³-hybridized carbons (Fsp3) is 0.538. The monoisotopic (exact) mass is 403 g/mol. The highest BCUT2D eigenvalue weighted by molar-refractivity contribution is 7.89. The maximum atomic E-state index is 12.1. The van der Waals surface area contributed by atoms with Gasteiger partial charge in [0, 0.05) is 18.3 Å². The normalized spacial score (nSPS) is 21.2. The van der Waals surface area contributed by atoms with Crippen molar-refractivity contribution in [3.05, 3.63) is 23.5 Å². The summed E-state index contributed by atoms with van der Waals surface area (Å²) >= 11 is 5.63. The molecule has 1 heterocycles. The molecule has 1 aromatic heterocycles. The van der Waals surface area contributed by atoms with Crippen LogP contribution in [-0.2, 0) is 14.8 Å². The first-order valence-electron chi connectivity index (χ1n) is 7.11. The van der Waals surface area contributed by atoms with Crippen LogP contribution in [0.1, 0.15) is 25.7 Å². The topological polar surface area (TPSA) is 122 Å². The fourth-order valence-electron chi connectivity index (χ4n) is 2.05. The Kier molecular flexibility index (Phi) is 7.60. The predicted octanol–water partition coefficient (Wildman–Crippen LogP) is 1.92. The number of pyridine rings is 1. The van der Waals surface area contributed by atoms with Gasteiger partial charge in [-0.2, -0.15) is 13.2 Å². The fourth-order valence-corrected chi connectivity index (χ4v) is 3.41. The zero-order valence-electron chi connectivity index (χ0n) is 12.8. The summed E-state index contributed by atoms with van der Waals surface area (Å²) in [5.74, 6) is -2.76. The molecule has 1 fully saturated rings. The summed E-state index contributed by atoms with van der Waals surface area (Å²) in [5.41, 5.74) is 5.79. The van der Waals surface area contributed by atoms with Gasteiger partial charge >= 0.3 is 12.1 Å². The lowest BCUT2D eigenvalue weighted by Gasteiger charge is -2.26. The lowest BCUT2D eigenvalue weighted by Crippen LogP contribution is -2.40. The zero-order chi connectivity index (χ0) is 19.3. The van der Waals surface area contributed by atoms with Gasteiger partial charge in [0.25, 0.3) is 0 Å². The number of carboxylic acid groups (broad SMARTS) is 1. The summed E-state index contributed by atoms with van der Waals surface area (Å²) in [6.07, 6.45) is -0.555. The Morgan fingerprint density at radius 1 is 1.28 bits per heavy atom. The van der Waals surface area contributed by atoms with Crippen LogP contribution in [0.5, 0.6) is 0 Å². The number of carboxylic acids is 1. The van der Waals surface area contributed by atoms with Crippen molar-refractivity contribution in [1.29, 1.82) is 0 Å². The molecular weight excluding hydrogens is 387 g/mol. The van der Waals surface area contributed by atoms with Crippen LogP contribution < -0.4 is 10.5 Å². The van der Waals surface area contributed by atoms with Gasteiger partial charge in [0.15, 0.2) is 0 Å². The molecule has 4 N–H and O–H groups in total. The first-order valence-corrected chi connectivity index (χ1v) is 8.97. The van der Waals surface area contributed by atoms with E-state index in [0.29, 0.717) is 0 Å². The Bertz CT molecular complexity index is 675. The van der Waals surface area contributed by atoms with Crippen molar-refractivity contribution in [2.24, 2.45) is 5.73 Å². The van der Waals surface area contributed by atoms with E-state index in [-0.39, 0.29) is 22.1 Å². The number of halogens is 4. The molecule has 0 unspecified atom stereocenters. The molecule has 12 heteroatoms. The highest BCUT2D eigenvalue weighted by Crippen LogP contribution is 2.19. The summed E-state index contributed by atoms with van der Waals surface area (Å²) in [7, 11) is -3.51. The van der Waals surface area contributed by atoms with Crippen LogP contribution in [0.2, 0.25) is 5.15 Å². The second-order valence-corrected chi connectivity index (χ2v) is 7.45. The Balaban J connectivity index is 0.000000381. The van der Waals surface area contributed by atoms with Gasteiger partial charge in [-0.15, -0.1) is 0 Å². The summed E-state index contributed by atoms with van der Waals surface area (Å²) in [6, 6.07) is 3.08. The molecule has 1 saturated carbocycles. The Morgan fingerprint density at radius 3 is 2.20 bits per heavy atom. The van der Waals surface area contributed by atoms with Crippen LogP contribution >= 0.6 is 11.6 Å². The minimum Gasteiger partial charge on any atom is -0.475 e. The third kappa shape index (κ3) is 7.55. The Morgan fingerprint density at radius 2 is 1.80 bits per heavy atom. The average Bonchev–Trinajstić information content (AvgIpc) is 2.49. The van der Waals surface area contributed by atoms with Crippen LogP contribution in [0.3, 0.4) is 0 Å². The number of carbonyl (C=O) groups is 1. The summed E-state index contributed by atoms with van der Waals surface area (Å²) in [6.45, 7) is 0. The van der Waals surface area contributed by atoms with Crippen LogP contribution in [0.15, 0.2) is 23.2 Å². The SMILES string of the molecule is NC1CCC(NS(=O)(=O)c2ccc(Cl)nc2)CC1.O=C(O)C(F)(F)F. The molecule has 25 heavy (non-hydrogen) atoms. The molecule has 0 aliphatic heterocycles. The molecule has 0 saturated heterocycles. The molecule has 142 valence electrons. The van der Waals surface area contributed by atoms with E-state index in [0.717, 1.165) is 25.7 Å². The van der Waals surface area contributed by atoms with Crippen LogP contribution in [0.25, 0.3) is 0 Å². The van der Waals surface area contributed by atoms with Gasteiger partial charge in [0.2, 0.25) is 10.0 Å². The smallest absolute Gasteiger partial charge is 0.475 e. The van der Waals surface area contributed by atoms with Gasteiger partial charge in [0.05, 0.1) is 0 Å². The van der Waals surface area contributed by atoms with Gasteiger partial charge in [-0.3, -0.25) is 0 Å². The van der Waals surface area contributed by atoms with E-state index in [2.05, 4.69) is 9.71 Å². The lowest BCUT2D eigenvalue weighted by atomic mass is 9.93. The number of sulfonamides is 1. The number of hydrogen-bond acceptors (Lipinski definition) is 5. The van der Waals surface area contributed by atoms with Crippen molar-refractivity contribution < 1.29 is 31.5 Å². The van der Waals surface area contributed by atoms with Crippen LogP contribution in [-0.4, -0.2) is 42.7 Å². The number of aliphatic carboxylic acids is 1. The van der Waals surface area contributed by atoms with E-state index in [1.165, 1.54) is 18.3 Å². The van der Waals surface area contributed by atoms with Gasteiger partial charge < -0.3 is 10.8 Å². The summed E-state index contributed by atoms with van der Waals surface area (Å²) < 4.78 is 58.6. The van der Waals surface area contributed by atoms with Gasteiger partial charge in [0.1, 0.15) is 10.0 Å². The minimum absolute atomic E-state index is 0.0366. The number of hydrogen-bond donors (Lipinski definition) is 3. The van der Waals surface area contributed by atoms with Crippen molar-refractivity contribution in [2.75, 3.05) is 0 Å². The average molecular weight is 404 g/mol. The number of nitrogens with zero attached hydrogens (tertiary/aromatic N) is 1. The second-order valence-electron chi connectivity index (χ2n) is 5.35. The van der Waals surface area contributed by atoms with Crippen molar-refractivity contribution in [3.63, 3.8) is 0 Å². The molecule has 2 rings (SSSR count). The van der Waals surface area contributed by atoms with Gasteiger partial charge in [-0.1, -0.05) is 11.6 Å². The third-order valence-electron chi connectivity index (χ3n) is 3.35. The van der Waals surface area contributed by atoms with Crippen LogP contribution in [0, 0.1) is 0 Å². The predicted molar refractivity (Wildman–Crippen MR) is 83.5 cm³/mol. The van der Waals surface area contributed by atoms with Crippen molar-refractivity contribution in [1.82, 2.24) is 9.71 Å². The van der Waals surface area contributed by atoms with Crippen molar-refractivity contribution in [3.8, 4) is 0 Å². The number of alkyl halides is 3. The van der Waals surface area contributed by atoms with E-state index in [9.17, 15) is 21.6 Å². The number of aromatic nitrogens is 1. The van der Waals surface area contributed by atoms with E-state index in [1.807, 2.05) is 0 Å². The van der Waals surface area contributed by atoms with Crippen molar-refractivity contribution in [2.45, 2.75) is 48.8 Å². The highest BCUT2D eigenvalue weighted by atomic mass is 35.5. The van der Waals surface area contributed by atoms with Gasteiger partial charge in [-0.05, 0) is 37.8 Å². The van der Waals surface area contributed by atoms with E-state index < -0.39 is 22.2 Å². The molecule has 0 aromatic carbocycles. The first-order chi connectivity index (χ1) is 11.4. The third-order valence-corrected chi connectivity index (χ3v) is 5.08. The quantitative estimate of drug-likeness (QED) is 0.662. The largest absolute Gasteiger partial charge is 0.490 e. The second kappa shape index (κ2) is 8.79. The van der Waals surface area contributed by atoms with Crippen molar-refractivity contribution >= 4 is 27.6 Å². The maximum Gasteiger partial charge on any atom is 0.490 e. The molecule has 0 amide bonds. The summed E-state index contributed by atoms with van der Waals surface area (Å²) in [5, 5.41) is 7.40. The molecule has 0 spiro atoms. The highest BCUT2D eigenvalue weighted by Gasteiger charge is 2.38. The maximum absolute atomic E-state index is 12.1. The summed E-state index contributed by atoms with van der Waals surface area (Å²) in [4.78, 5) is 12.8. The zero-order valence-corrected chi connectivity index (χ0v) is 14.4. The Labute approximate surface area is 147 Å². The number of nitrogens with two attached hydrogens (primary N) is 1. The minimum atomic E-state index is -5.08. The molecule has 1 aliphatic carbocycles. The van der Waals surface area contributed by atoms with E-state index >= 15 is 0 Å². The standard InChI is InChI=1S/C11H16ClN3O2S.C2HF3O2/c12-11-6-5-10(7-14-11)18(16,17)15-9-3-1-8(13)2-4-9;3-2(4,5)1(6)7/h5-9,15H,1-4,13H2;(H,6,7). The van der Waals surface area contributed by atoms with E-state index in [1.54, 1.807) is 0 Å². The Hall–Kier alpha value is -1.43. The first kappa shape index (κ1) is 21.6. The molecule has 0 atom stereocenters. The van der Waals surface area contributed by atoms with E-state index in [4.69, 9.17) is 27.2 Å². The number of rotatable bonds is 3. The number of nitrogens with one attached hydrogen (secondary N) is 1. The molecular formula is C13H17ClF3N3O4S. The van der Waals surface area contributed by atoms with Crippen LogP contribution in [0.4, 0.5) is 13.2 Å². The molecule has 1 aliphatic rings. The molecule has 7 nitrogen and oxygen atoms in total. The van der Waals surface area contributed by atoms with Gasteiger partial charge in [-0.25, -0.2) is 22.9 Å². The molecule has 0 bridgehead atoms.